The van der Waals surface area contributed by atoms with Crippen molar-refractivity contribution in [2.75, 3.05) is 11.5 Å². The van der Waals surface area contributed by atoms with Crippen molar-refractivity contribution in [3.63, 3.8) is 0 Å². The third-order valence-corrected chi connectivity index (χ3v) is 8.74. The molecule has 26 heavy (non-hydrogen) atoms. The van der Waals surface area contributed by atoms with Crippen molar-refractivity contribution in [2.24, 2.45) is 0 Å². The highest BCUT2D eigenvalue weighted by Gasteiger charge is 2.45. The lowest BCUT2D eigenvalue weighted by Crippen LogP contribution is -2.43. The molecule has 140 valence electrons. The van der Waals surface area contributed by atoms with Crippen molar-refractivity contribution in [3.8, 4) is 0 Å². The first kappa shape index (κ1) is 19.3. The Labute approximate surface area is 157 Å². The first-order valence-corrected chi connectivity index (χ1v) is 11.6. The molecular weight excluding hydrogens is 401 g/mol. The predicted molar refractivity (Wildman–Crippen MR) is 98.1 cm³/mol. The summed E-state index contributed by atoms with van der Waals surface area (Å²) in [4.78, 5) is -0.0840. The van der Waals surface area contributed by atoms with E-state index >= 15 is 0 Å². The maximum absolute atomic E-state index is 13.1. The fraction of sp³-hybridized carbons (Fsp3) is 0.294. The SMILES string of the molecule is O=S1(=O)CC(NCc2ccc(Cl)cc2)C(S(=O)(=O)c2ccc(F)cc2)C1. The van der Waals surface area contributed by atoms with Crippen molar-refractivity contribution in [1.29, 1.82) is 0 Å². The normalized spacial score (nSPS) is 22.4. The summed E-state index contributed by atoms with van der Waals surface area (Å²) in [7, 11) is -7.41. The molecule has 2 aromatic carbocycles. The van der Waals surface area contributed by atoms with Crippen molar-refractivity contribution in [2.45, 2.75) is 22.7 Å². The van der Waals surface area contributed by atoms with E-state index < -0.39 is 42.5 Å². The molecule has 0 aromatic heterocycles. The molecular formula is C17H17ClFNO4S2. The highest BCUT2D eigenvalue weighted by molar-refractivity contribution is 7.96. The Morgan fingerprint density at radius 2 is 1.65 bits per heavy atom. The van der Waals surface area contributed by atoms with Crippen LogP contribution >= 0.6 is 11.6 Å². The molecule has 1 N–H and O–H groups in total. The van der Waals surface area contributed by atoms with E-state index in [9.17, 15) is 21.2 Å². The van der Waals surface area contributed by atoms with Gasteiger partial charge in [-0.1, -0.05) is 23.7 Å². The lowest BCUT2D eigenvalue weighted by atomic mass is 10.2. The molecule has 3 rings (SSSR count). The maximum atomic E-state index is 13.1. The standard InChI is InChI=1S/C17H17ClFNO4S2/c18-13-3-1-12(2-4-13)9-20-16-10-25(21,22)11-17(16)26(23,24)15-7-5-14(19)6-8-15/h1-8,16-17,20H,9-11H2. The average molecular weight is 418 g/mol. The Bertz CT molecular complexity index is 990. The second-order valence-corrected chi connectivity index (χ2v) is 11.0. The van der Waals surface area contributed by atoms with Gasteiger partial charge in [-0.05, 0) is 42.0 Å². The fourth-order valence-corrected chi connectivity index (χ4v) is 7.80. The molecule has 0 amide bonds. The van der Waals surface area contributed by atoms with Crippen LogP contribution in [0.1, 0.15) is 5.56 Å². The van der Waals surface area contributed by atoms with Crippen molar-refractivity contribution in [3.05, 3.63) is 64.9 Å². The lowest BCUT2D eigenvalue weighted by Gasteiger charge is -2.20. The second kappa shape index (κ2) is 7.26. The van der Waals surface area contributed by atoms with Gasteiger partial charge in [0.05, 0.1) is 21.7 Å². The summed E-state index contributed by atoms with van der Waals surface area (Å²) < 4.78 is 62.9. The Kier molecular flexibility index (Phi) is 5.39. The first-order valence-electron chi connectivity index (χ1n) is 7.85. The molecule has 1 saturated heterocycles. The highest BCUT2D eigenvalue weighted by atomic mass is 35.5. The summed E-state index contributed by atoms with van der Waals surface area (Å²) in [5, 5.41) is 2.49. The fourth-order valence-electron chi connectivity index (χ4n) is 2.96. The van der Waals surface area contributed by atoms with Crippen LogP contribution in [0.25, 0.3) is 0 Å². The summed E-state index contributed by atoms with van der Waals surface area (Å²) in [6.45, 7) is 0.312. The van der Waals surface area contributed by atoms with Gasteiger partial charge in [-0.2, -0.15) is 0 Å². The molecule has 0 spiro atoms. The van der Waals surface area contributed by atoms with Crippen molar-refractivity contribution in [1.82, 2.24) is 5.32 Å². The summed E-state index contributed by atoms with van der Waals surface area (Å²) in [6, 6.07) is 10.6. The van der Waals surface area contributed by atoms with Gasteiger partial charge >= 0.3 is 0 Å². The van der Waals surface area contributed by atoms with E-state index in [-0.39, 0.29) is 10.6 Å². The van der Waals surface area contributed by atoms with E-state index in [0.717, 1.165) is 29.8 Å². The lowest BCUT2D eigenvalue weighted by molar-refractivity contribution is 0.526. The Balaban J connectivity index is 1.83. The van der Waals surface area contributed by atoms with Crippen LogP contribution in [0.3, 0.4) is 0 Å². The zero-order chi connectivity index (χ0) is 18.9. The topological polar surface area (TPSA) is 80.3 Å². The molecule has 2 unspecified atom stereocenters. The minimum atomic E-state index is -3.92. The van der Waals surface area contributed by atoms with Gasteiger partial charge in [0.2, 0.25) is 0 Å². The second-order valence-electron chi connectivity index (χ2n) is 6.23. The molecule has 9 heteroatoms. The Hall–Kier alpha value is -1.48. The smallest absolute Gasteiger partial charge is 0.183 e. The first-order chi connectivity index (χ1) is 12.2. The number of benzene rings is 2. The summed E-state index contributed by atoms with van der Waals surface area (Å²) in [5.41, 5.74) is 0.858. The molecule has 1 aliphatic heterocycles. The zero-order valence-electron chi connectivity index (χ0n) is 13.6. The molecule has 1 heterocycles. The van der Waals surface area contributed by atoms with E-state index in [1.54, 1.807) is 24.3 Å². The van der Waals surface area contributed by atoms with Crippen LogP contribution in [0.15, 0.2) is 53.4 Å². The maximum Gasteiger partial charge on any atom is 0.183 e. The summed E-state index contributed by atoms with van der Waals surface area (Å²) in [6.07, 6.45) is 0. The number of rotatable bonds is 5. The largest absolute Gasteiger partial charge is 0.308 e. The number of halogens is 2. The highest BCUT2D eigenvalue weighted by Crippen LogP contribution is 2.26. The third kappa shape index (κ3) is 4.25. The van der Waals surface area contributed by atoms with Gasteiger partial charge in [0.15, 0.2) is 19.7 Å². The predicted octanol–water partition coefficient (Wildman–Crippen LogP) is 2.21. The zero-order valence-corrected chi connectivity index (χ0v) is 16.0. The van der Waals surface area contributed by atoms with Crippen LogP contribution < -0.4 is 5.32 Å². The van der Waals surface area contributed by atoms with Crippen LogP contribution in [0.5, 0.6) is 0 Å². The van der Waals surface area contributed by atoms with Crippen LogP contribution in [-0.2, 0) is 26.2 Å². The molecule has 1 aliphatic rings. The quantitative estimate of drug-likeness (QED) is 0.754. The van der Waals surface area contributed by atoms with Gasteiger partial charge in [0, 0.05) is 17.6 Å². The van der Waals surface area contributed by atoms with E-state index in [0.29, 0.717) is 11.6 Å². The van der Waals surface area contributed by atoms with E-state index in [2.05, 4.69) is 5.32 Å². The van der Waals surface area contributed by atoms with E-state index in [1.165, 1.54) is 0 Å². The Morgan fingerprint density at radius 1 is 1.04 bits per heavy atom. The van der Waals surface area contributed by atoms with Crippen LogP contribution in [0.2, 0.25) is 5.02 Å². The molecule has 2 atom stereocenters. The summed E-state index contributed by atoms with van der Waals surface area (Å²) in [5.74, 6) is -1.27. The van der Waals surface area contributed by atoms with Gasteiger partial charge in [-0.15, -0.1) is 0 Å². The van der Waals surface area contributed by atoms with Gasteiger partial charge in [0.25, 0.3) is 0 Å². The van der Waals surface area contributed by atoms with E-state index in [4.69, 9.17) is 11.6 Å². The third-order valence-electron chi connectivity index (χ3n) is 4.32. The van der Waals surface area contributed by atoms with Gasteiger partial charge in [-0.25, -0.2) is 21.2 Å². The monoisotopic (exact) mass is 417 g/mol. The number of sulfone groups is 2. The Morgan fingerprint density at radius 3 is 2.27 bits per heavy atom. The molecule has 0 saturated carbocycles. The van der Waals surface area contributed by atoms with Gasteiger partial charge < -0.3 is 5.32 Å². The average Bonchev–Trinajstić information content (AvgIpc) is 2.90. The number of hydrogen-bond donors (Lipinski definition) is 1. The van der Waals surface area contributed by atoms with Gasteiger partial charge in [0.1, 0.15) is 5.82 Å². The number of nitrogens with one attached hydrogen (secondary N) is 1. The molecule has 1 fully saturated rings. The van der Waals surface area contributed by atoms with Crippen molar-refractivity contribution >= 4 is 31.3 Å². The molecule has 5 nitrogen and oxygen atoms in total. The molecule has 0 radical (unpaired) electrons. The van der Waals surface area contributed by atoms with E-state index in [1.807, 2.05) is 0 Å². The van der Waals surface area contributed by atoms with Gasteiger partial charge in [-0.3, -0.25) is 0 Å². The van der Waals surface area contributed by atoms with Crippen LogP contribution in [0.4, 0.5) is 4.39 Å². The minimum Gasteiger partial charge on any atom is -0.308 e. The number of hydrogen-bond acceptors (Lipinski definition) is 5. The minimum absolute atomic E-state index is 0.0840. The molecule has 0 aliphatic carbocycles. The molecule has 2 aromatic rings. The van der Waals surface area contributed by atoms with Crippen LogP contribution in [0, 0.1) is 5.82 Å². The van der Waals surface area contributed by atoms with Crippen molar-refractivity contribution < 1.29 is 21.2 Å². The molecule has 0 bridgehead atoms. The van der Waals surface area contributed by atoms with Crippen LogP contribution in [-0.4, -0.2) is 39.6 Å². The summed E-state index contributed by atoms with van der Waals surface area (Å²) >= 11 is 5.83.